The van der Waals surface area contributed by atoms with E-state index in [1.165, 1.54) is 5.56 Å². The third-order valence-electron chi connectivity index (χ3n) is 3.37. The second kappa shape index (κ2) is 7.20. The molecule has 0 aliphatic rings. The summed E-state index contributed by atoms with van der Waals surface area (Å²) in [4.78, 5) is 11.4. The van der Waals surface area contributed by atoms with Crippen molar-refractivity contribution in [3.05, 3.63) is 35.4 Å². The highest BCUT2D eigenvalue weighted by Crippen LogP contribution is 2.26. The number of aliphatic carboxylic acids is 1. The first-order valence-electron chi connectivity index (χ1n) is 6.89. The summed E-state index contributed by atoms with van der Waals surface area (Å²) in [6.07, 6.45) is 3.95. The Morgan fingerprint density at radius 3 is 2.44 bits per heavy atom. The first-order chi connectivity index (χ1) is 8.56. The van der Waals surface area contributed by atoms with Crippen molar-refractivity contribution in [2.75, 3.05) is 0 Å². The van der Waals surface area contributed by atoms with Crippen LogP contribution in [-0.2, 0) is 4.79 Å². The molecular formula is C16H24O2. The lowest BCUT2D eigenvalue weighted by Gasteiger charge is -2.15. The average molecular weight is 248 g/mol. The van der Waals surface area contributed by atoms with E-state index in [9.17, 15) is 9.90 Å². The standard InChI is InChI=1S/C16H24O2/c1-4-5-6-10-15(16(17)18)14-9-7-8-13(11-14)12(2)3/h7-9,11-12,15H,4-6,10H2,1-3H3,(H,17,18). The molecule has 100 valence electrons. The molecule has 1 atom stereocenters. The van der Waals surface area contributed by atoms with Gasteiger partial charge in [-0.05, 0) is 23.5 Å². The fourth-order valence-electron chi connectivity index (χ4n) is 2.17. The molecule has 1 N–H and O–H groups in total. The lowest BCUT2D eigenvalue weighted by atomic mass is 9.90. The predicted molar refractivity (Wildman–Crippen MR) is 75.0 cm³/mol. The van der Waals surface area contributed by atoms with E-state index in [1.807, 2.05) is 12.1 Å². The van der Waals surface area contributed by atoms with Gasteiger partial charge >= 0.3 is 5.97 Å². The maximum atomic E-state index is 11.4. The van der Waals surface area contributed by atoms with Gasteiger partial charge in [-0.2, -0.15) is 0 Å². The monoisotopic (exact) mass is 248 g/mol. The van der Waals surface area contributed by atoms with E-state index in [-0.39, 0.29) is 5.92 Å². The molecule has 0 saturated heterocycles. The van der Waals surface area contributed by atoms with Crippen molar-refractivity contribution in [1.82, 2.24) is 0 Å². The van der Waals surface area contributed by atoms with Gasteiger partial charge in [-0.25, -0.2) is 0 Å². The molecule has 1 unspecified atom stereocenters. The summed E-state index contributed by atoms with van der Waals surface area (Å²) >= 11 is 0. The summed E-state index contributed by atoms with van der Waals surface area (Å²) in [7, 11) is 0. The van der Waals surface area contributed by atoms with Gasteiger partial charge < -0.3 is 5.11 Å². The van der Waals surface area contributed by atoms with Crippen LogP contribution in [0.15, 0.2) is 24.3 Å². The Morgan fingerprint density at radius 1 is 1.22 bits per heavy atom. The smallest absolute Gasteiger partial charge is 0.310 e. The highest BCUT2D eigenvalue weighted by atomic mass is 16.4. The zero-order valence-electron chi connectivity index (χ0n) is 11.6. The number of hydrogen-bond acceptors (Lipinski definition) is 1. The Morgan fingerprint density at radius 2 is 1.89 bits per heavy atom. The minimum atomic E-state index is -0.702. The maximum Gasteiger partial charge on any atom is 0.310 e. The normalized spacial score (nSPS) is 12.7. The second-order valence-electron chi connectivity index (χ2n) is 5.21. The molecule has 18 heavy (non-hydrogen) atoms. The van der Waals surface area contributed by atoms with Crippen LogP contribution in [0.4, 0.5) is 0 Å². The molecule has 1 rings (SSSR count). The summed E-state index contributed by atoms with van der Waals surface area (Å²) in [6, 6.07) is 8.03. The van der Waals surface area contributed by atoms with Gasteiger partial charge in [0.05, 0.1) is 5.92 Å². The molecule has 0 aromatic heterocycles. The number of unbranched alkanes of at least 4 members (excludes halogenated alkanes) is 2. The van der Waals surface area contributed by atoms with Crippen LogP contribution < -0.4 is 0 Å². The van der Waals surface area contributed by atoms with Crippen molar-refractivity contribution >= 4 is 5.97 Å². The Kier molecular flexibility index (Phi) is 5.90. The molecule has 0 saturated carbocycles. The molecule has 0 heterocycles. The first-order valence-corrected chi connectivity index (χ1v) is 6.89. The van der Waals surface area contributed by atoms with E-state index in [2.05, 4.69) is 32.9 Å². The summed E-state index contributed by atoms with van der Waals surface area (Å²) in [5.41, 5.74) is 2.17. The van der Waals surface area contributed by atoms with Gasteiger partial charge in [0.2, 0.25) is 0 Å². The van der Waals surface area contributed by atoms with Crippen LogP contribution in [0, 0.1) is 0 Å². The minimum absolute atomic E-state index is 0.352. The molecule has 1 aromatic rings. The molecule has 0 amide bonds. The van der Waals surface area contributed by atoms with Crippen LogP contribution in [0.5, 0.6) is 0 Å². The van der Waals surface area contributed by atoms with E-state index in [1.54, 1.807) is 0 Å². The van der Waals surface area contributed by atoms with Crippen LogP contribution in [0.2, 0.25) is 0 Å². The summed E-state index contributed by atoms with van der Waals surface area (Å²) < 4.78 is 0. The van der Waals surface area contributed by atoms with Crippen molar-refractivity contribution in [1.29, 1.82) is 0 Å². The van der Waals surface area contributed by atoms with Gasteiger partial charge in [0.15, 0.2) is 0 Å². The van der Waals surface area contributed by atoms with Gasteiger partial charge in [-0.1, -0.05) is 64.3 Å². The Balaban J connectivity index is 2.84. The SMILES string of the molecule is CCCCCC(C(=O)O)c1cccc(C(C)C)c1. The number of benzene rings is 1. The second-order valence-corrected chi connectivity index (χ2v) is 5.21. The molecule has 0 radical (unpaired) electrons. The van der Waals surface area contributed by atoms with Crippen LogP contribution in [0.1, 0.15) is 69.4 Å². The minimum Gasteiger partial charge on any atom is -0.481 e. The molecule has 0 bridgehead atoms. The van der Waals surface area contributed by atoms with Crippen molar-refractivity contribution in [2.24, 2.45) is 0 Å². The van der Waals surface area contributed by atoms with E-state index in [0.29, 0.717) is 5.92 Å². The number of hydrogen-bond donors (Lipinski definition) is 1. The van der Waals surface area contributed by atoms with Gasteiger partial charge in [-0.3, -0.25) is 4.79 Å². The average Bonchev–Trinajstić information content (AvgIpc) is 2.34. The van der Waals surface area contributed by atoms with Crippen LogP contribution in [-0.4, -0.2) is 11.1 Å². The molecule has 0 spiro atoms. The number of carboxylic acids is 1. The van der Waals surface area contributed by atoms with E-state index in [4.69, 9.17) is 0 Å². The highest BCUT2D eigenvalue weighted by molar-refractivity contribution is 5.76. The molecule has 0 aliphatic heterocycles. The third kappa shape index (κ3) is 4.17. The summed E-state index contributed by atoms with van der Waals surface area (Å²) in [6.45, 7) is 6.40. The van der Waals surface area contributed by atoms with E-state index in [0.717, 1.165) is 31.2 Å². The highest BCUT2D eigenvalue weighted by Gasteiger charge is 2.19. The number of rotatable bonds is 7. The number of carboxylic acid groups (broad SMARTS) is 1. The van der Waals surface area contributed by atoms with E-state index < -0.39 is 5.97 Å². The Hall–Kier alpha value is -1.31. The van der Waals surface area contributed by atoms with Crippen LogP contribution in [0.3, 0.4) is 0 Å². The third-order valence-corrected chi connectivity index (χ3v) is 3.37. The lowest BCUT2D eigenvalue weighted by molar-refractivity contribution is -0.139. The fourth-order valence-corrected chi connectivity index (χ4v) is 2.17. The van der Waals surface area contributed by atoms with Crippen molar-refractivity contribution < 1.29 is 9.90 Å². The molecule has 1 aromatic carbocycles. The summed E-state index contributed by atoms with van der Waals surface area (Å²) in [5.74, 6) is -0.614. The molecule has 0 aliphatic carbocycles. The van der Waals surface area contributed by atoms with Crippen molar-refractivity contribution in [3.63, 3.8) is 0 Å². The van der Waals surface area contributed by atoms with Crippen molar-refractivity contribution in [3.8, 4) is 0 Å². The zero-order valence-corrected chi connectivity index (χ0v) is 11.6. The van der Waals surface area contributed by atoms with Gasteiger partial charge in [0, 0.05) is 0 Å². The number of carbonyl (C=O) groups is 1. The molecular weight excluding hydrogens is 224 g/mol. The largest absolute Gasteiger partial charge is 0.481 e. The predicted octanol–water partition coefficient (Wildman–Crippen LogP) is 4.56. The Labute approximate surface area is 110 Å². The van der Waals surface area contributed by atoms with Crippen LogP contribution in [0.25, 0.3) is 0 Å². The quantitative estimate of drug-likeness (QED) is 0.718. The van der Waals surface area contributed by atoms with Crippen molar-refractivity contribution in [2.45, 2.75) is 58.3 Å². The lowest BCUT2D eigenvalue weighted by Crippen LogP contribution is -2.12. The molecule has 0 fully saturated rings. The first kappa shape index (κ1) is 14.7. The van der Waals surface area contributed by atoms with Gasteiger partial charge in [0.1, 0.15) is 0 Å². The van der Waals surface area contributed by atoms with Gasteiger partial charge in [-0.15, -0.1) is 0 Å². The van der Waals surface area contributed by atoms with Gasteiger partial charge in [0.25, 0.3) is 0 Å². The topological polar surface area (TPSA) is 37.3 Å². The molecule has 2 heteroatoms. The van der Waals surface area contributed by atoms with E-state index >= 15 is 0 Å². The maximum absolute atomic E-state index is 11.4. The van der Waals surface area contributed by atoms with Crippen LogP contribution >= 0.6 is 0 Å². The fraction of sp³-hybridized carbons (Fsp3) is 0.562. The molecule has 2 nitrogen and oxygen atoms in total. The summed E-state index contributed by atoms with van der Waals surface area (Å²) in [5, 5.41) is 9.36. The zero-order chi connectivity index (χ0) is 13.5. The Bertz CT molecular complexity index is 382.